The zero-order chi connectivity index (χ0) is 24.8. The topological polar surface area (TPSA) is 38.7 Å². The fraction of sp³-hybridized carbons (Fsp3) is 0.182. The molecule has 5 aromatic rings. The molecule has 1 saturated carbocycles. The maximum atomic E-state index is 6.33. The Balaban J connectivity index is 1.31. The zero-order valence-corrected chi connectivity index (χ0v) is 21.2. The van der Waals surface area contributed by atoms with Crippen LogP contribution in [0.25, 0.3) is 45.0 Å². The van der Waals surface area contributed by atoms with Crippen molar-refractivity contribution in [3.05, 3.63) is 113 Å². The Morgan fingerprint density at radius 3 is 2.00 bits per heavy atom. The minimum atomic E-state index is 0.181. The summed E-state index contributed by atoms with van der Waals surface area (Å²) in [4.78, 5) is 13.6. The number of hydrogen-bond acceptors (Lipinski definition) is 3. The molecule has 1 heterocycles. The highest BCUT2D eigenvalue weighted by Gasteiger charge is 2.43. The van der Waals surface area contributed by atoms with Gasteiger partial charge >= 0.3 is 0 Å². The van der Waals surface area contributed by atoms with Gasteiger partial charge in [-0.15, -0.1) is 0 Å². The molecule has 0 atom stereocenters. The lowest BCUT2D eigenvalue weighted by molar-refractivity contribution is 0.353. The first-order chi connectivity index (χ1) is 18.2. The third kappa shape index (κ3) is 3.77. The van der Waals surface area contributed by atoms with Crippen molar-refractivity contribution in [2.75, 3.05) is 0 Å². The van der Waals surface area contributed by atoms with Crippen molar-refractivity contribution >= 4 is 11.6 Å². The second-order valence-corrected chi connectivity index (χ2v) is 10.5. The van der Waals surface area contributed by atoms with Crippen LogP contribution in [0.15, 0.2) is 97.1 Å². The van der Waals surface area contributed by atoms with Gasteiger partial charge in [0.05, 0.1) is 0 Å². The molecular formula is C33H26ClN3. The summed E-state index contributed by atoms with van der Waals surface area (Å²) in [5.41, 5.74) is 10.2. The Morgan fingerprint density at radius 2 is 1.16 bits per heavy atom. The highest BCUT2D eigenvalue weighted by molar-refractivity contribution is 6.28. The lowest BCUT2D eigenvalue weighted by Crippen LogP contribution is -2.27. The maximum Gasteiger partial charge on any atom is 0.226 e. The minimum absolute atomic E-state index is 0.181. The van der Waals surface area contributed by atoms with Gasteiger partial charge < -0.3 is 0 Å². The predicted molar refractivity (Wildman–Crippen MR) is 150 cm³/mol. The Bertz CT molecular complexity index is 1620. The molecule has 2 aliphatic rings. The van der Waals surface area contributed by atoms with Crippen molar-refractivity contribution in [3.63, 3.8) is 0 Å². The third-order valence-electron chi connectivity index (χ3n) is 8.07. The highest BCUT2D eigenvalue weighted by Crippen LogP contribution is 2.56. The first-order valence-electron chi connectivity index (χ1n) is 13.0. The van der Waals surface area contributed by atoms with Gasteiger partial charge in [0.2, 0.25) is 5.28 Å². The van der Waals surface area contributed by atoms with Crippen molar-refractivity contribution < 1.29 is 0 Å². The van der Waals surface area contributed by atoms with E-state index in [1.807, 2.05) is 36.4 Å². The molecule has 2 aliphatic carbocycles. The first-order valence-corrected chi connectivity index (χ1v) is 13.4. The molecular weight excluding hydrogens is 474 g/mol. The van der Waals surface area contributed by atoms with Crippen LogP contribution in [-0.4, -0.2) is 15.0 Å². The van der Waals surface area contributed by atoms with Crippen LogP contribution < -0.4 is 0 Å². The maximum absolute atomic E-state index is 6.33. The lowest BCUT2D eigenvalue weighted by atomic mass is 9.68. The highest BCUT2D eigenvalue weighted by atomic mass is 35.5. The molecule has 1 spiro atoms. The molecule has 4 heteroatoms. The monoisotopic (exact) mass is 499 g/mol. The van der Waals surface area contributed by atoms with Crippen molar-refractivity contribution in [2.45, 2.75) is 37.5 Å². The lowest BCUT2D eigenvalue weighted by Gasteiger charge is -2.36. The molecule has 0 saturated heterocycles. The van der Waals surface area contributed by atoms with E-state index in [0.717, 1.165) is 16.7 Å². The Kier molecular flexibility index (Phi) is 5.40. The fourth-order valence-electron chi connectivity index (χ4n) is 6.37. The van der Waals surface area contributed by atoms with Gasteiger partial charge in [0, 0.05) is 16.5 Å². The Hall–Kier alpha value is -3.82. The van der Waals surface area contributed by atoms with Crippen LogP contribution in [0, 0.1) is 0 Å². The van der Waals surface area contributed by atoms with Crippen molar-refractivity contribution in [1.82, 2.24) is 15.0 Å². The van der Waals surface area contributed by atoms with Crippen LogP contribution in [0.2, 0.25) is 5.28 Å². The number of benzene rings is 4. The van der Waals surface area contributed by atoms with Gasteiger partial charge in [0.1, 0.15) is 0 Å². The van der Waals surface area contributed by atoms with Crippen LogP contribution in [0.1, 0.15) is 43.2 Å². The summed E-state index contributed by atoms with van der Waals surface area (Å²) in [7, 11) is 0. The molecule has 0 unspecified atom stereocenters. The third-order valence-corrected chi connectivity index (χ3v) is 8.24. The van der Waals surface area contributed by atoms with Gasteiger partial charge in [0.15, 0.2) is 11.6 Å². The molecule has 3 nitrogen and oxygen atoms in total. The second kappa shape index (κ2) is 8.93. The normalized spacial score (nSPS) is 15.4. The molecule has 180 valence electrons. The van der Waals surface area contributed by atoms with E-state index in [4.69, 9.17) is 16.6 Å². The number of nitrogens with zero attached hydrogens (tertiary/aromatic N) is 3. The van der Waals surface area contributed by atoms with E-state index in [1.54, 1.807) is 0 Å². The van der Waals surface area contributed by atoms with Gasteiger partial charge in [-0.25, -0.2) is 4.98 Å². The Labute approximate surface area is 222 Å². The molecule has 1 aromatic heterocycles. The largest absolute Gasteiger partial charge is 0.226 e. The van der Waals surface area contributed by atoms with E-state index in [-0.39, 0.29) is 10.7 Å². The summed E-state index contributed by atoms with van der Waals surface area (Å²) in [6.07, 6.45) is 6.44. The van der Waals surface area contributed by atoms with E-state index >= 15 is 0 Å². The molecule has 0 radical (unpaired) electrons. The SMILES string of the molecule is Clc1nc(-c2ccccc2)nc(-c2cccc(-c3ccc4c(c3)-c3ccccc3C43CCCCC3)c2)n1. The fourth-order valence-corrected chi connectivity index (χ4v) is 6.53. The van der Waals surface area contributed by atoms with Gasteiger partial charge in [-0.05, 0) is 70.0 Å². The number of aromatic nitrogens is 3. The van der Waals surface area contributed by atoms with Crippen LogP contribution >= 0.6 is 11.6 Å². The summed E-state index contributed by atoms with van der Waals surface area (Å²) in [6.45, 7) is 0. The predicted octanol–water partition coefficient (Wildman–Crippen LogP) is 8.76. The molecule has 0 amide bonds. The molecule has 7 rings (SSSR count). The van der Waals surface area contributed by atoms with E-state index < -0.39 is 0 Å². The first kappa shape index (κ1) is 22.4. The van der Waals surface area contributed by atoms with Gasteiger partial charge in [0.25, 0.3) is 0 Å². The van der Waals surface area contributed by atoms with Crippen LogP contribution in [0.5, 0.6) is 0 Å². The quantitative estimate of drug-likeness (QED) is 0.249. The number of halogens is 1. The van der Waals surface area contributed by atoms with E-state index in [9.17, 15) is 0 Å². The average Bonchev–Trinajstić information content (AvgIpc) is 3.22. The van der Waals surface area contributed by atoms with E-state index in [0.29, 0.717) is 11.6 Å². The molecule has 37 heavy (non-hydrogen) atoms. The molecule has 0 N–H and O–H groups in total. The standard InChI is InChI=1S/C33H26ClN3/c34-32-36-30(22-10-3-1-4-11-22)35-31(37-32)25-13-9-12-23(20-25)24-16-17-29-27(21-24)26-14-5-6-15-28(26)33(29)18-7-2-8-19-33/h1,3-6,9-17,20-21H,2,7-8,18-19H2. The summed E-state index contributed by atoms with van der Waals surface area (Å²) in [5.74, 6) is 1.15. The average molecular weight is 500 g/mol. The number of rotatable bonds is 3. The molecule has 4 aromatic carbocycles. The molecule has 0 aliphatic heterocycles. The van der Waals surface area contributed by atoms with Crippen LogP contribution in [0.3, 0.4) is 0 Å². The van der Waals surface area contributed by atoms with Gasteiger partial charge in [-0.2, -0.15) is 9.97 Å². The van der Waals surface area contributed by atoms with E-state index in [1.165, 1.54) is 59.9 Å². The van der Waals surface area contributed by atoms with Crippen molar-refractivity contribution in [3.8, 4) is 45.0 Å². The van der Waals surface area contributed by atoms with Gasteiger partial charge in [-0.3, -0.25) is 0 Å². The molecule has 0 bridgehead atoms. The van der Waals surface area contributed by atoms with Gasteiger partial charge in [-0.1, -0.05) is 104 Å². The van der Waals surface area contributed by atoms with Crippen molar-refractivity contribution in [2.24, 2.45) is 0 Å². The number of hydrogen-bond donors (Lipinski definition) is 0. The van der Waals surface area contributed by atoms with Crippen LogP contribution in [0.4, 0.5) is 0 Å². The minimum Gasteiger partial charge on any atom is -0.208 e. The van der Waals surface area contributed by atoms with Crippen molar-refractivity contribution in [1.29, 1.82) is 0 Å². The molecule has 1 fully saturated rings. The second-order valence-electron chi connectivity index (χ2n) is 10.1. The Morgan fingerprint density at radius 1 is 0.514 bits per heavy atom. The summed E-state index contributed by atoms with van der Waals surface area (Å²) in [5, 5.41) is 0.196. The smallest absolute Gasteiger partial charge is 0.208 e. The summed E-state index contributed by atoms with van der Waals surface area (Å²) < 4.78 is 0. The number of fused-ring (bicyclic) bond motifs is 5. The summed E-state index contributed by atoms with van der Waals surface area (Å²) in [6, 6.07) is 34.4. The summed E-state index contributed by atoms with van der Waals surface area (Å²) >= 11 is 6.33. The van der Waals surface area contributed by atoms with Crippen LogP contribution in [-0.2, 0) is 5.41 Å². The van der Waals surface area contributed by atoms with E-state index in [2.05, 4.69) is 70.6 Å². The zero-order valence-electron chi connectivity index (χ0n) is 20.5.